The lowest BCUT2D eigenvalue weighted by molar-refractivity contribution is 0.237. The van der Waals surface area contributed by atoms with Crippen molar-refractivity contribution in [3.8, 4) is 5.75 Å². The summed E-state index contributed by atoms with van der Waals surface area (Å²) in [5.41, 5.74) is 2.21. The van der Waals surface area contributed by atoms with Crippen LogP contribution in [0.5, 0.6) is 5.75 Å². The maximum Gasteiger partial charge on any atom is 0.256 e. The van der Waals surface area contributed by atoms with Crippen LogP contribution in [0.3, 0.4) is 0 Å². The molecule has 1 aromatic heterocycles. The minimum absolute atomic E-state index is 0.266. The maximum atomic E-state index is 12.2. The van der Waals surface area contributed by atoms with E-state index in [0.29, 0.717) is 37.3 Å². The lowest BCUT2D eigenvalue weighted by atomic mass is 10.0. The van der Waals surface area contributed by atoms with Gasteiger partial charge in [0.2, 0.25) is 15.0 Å². The van der Waals surface area contributed by atoms with Crippen molar-refractivity contribution in [1.29, 1.82) is 0 Å². The highest BCUT2D eigenvalue weighted by Gasteiger charge is 2.24. The predicted molar refractivity (Wildman–Crippen MR) is 88.6 cm³/mol. The van der Waals surface area contributed by atoms with E-state index in [2.05, 4.69) is 9.97 Å². The Hall–Kier alpha value is -2.19. The van der Waals surface area contributed by atoms with Crippen LogP contribution in [0.2, 0.25) is 0 Å². The van der Waals surface area contributed by atoms with Crippen LogP contribution < -0.4 is 5.56 Å². The highest BCUT2D eigenvalue weighted by atomic mass is 32.2. The Labute approximate surface area is 139 Å². The second kappa shape index (κ2) is 6.03. The SMILES string of the molecule is Cc1cccc(CN2CCc3nc(S(C)(=O)=O)[nH]c(=O)c3C2)c1O. The van der Waals surface area contributed by atoms with Gasteiger partial charge in [-0.2, -0.15) is 0 Å². The number of rotatable bonds is 3. The molecular formula is C16H19N3O4S. The number of aromatic nitrogens is 2. The third-order valence-electron chi connectivity index (χ3n) is 4.19. The van der Waals surface area contributed by atoms with Gasteiger partial charge in [-0.05, 0) is 12.5 Å². The molecule has 0 radical (unpaired) electrons. The van der Waals surface area contributed by atoms with Crippen molar-refractivity contribution in [2.45, 2.75) is 31.6 Å². The smallest absolute Gasteiger partial charge is 0.256 e. The second-order valence-electron chi connectivity index (χ2n) is 6.11. The normalized spacial score (nSPS) is 15.2. The van der Waals surface area contributed by atoms with Gasteiger partial charge in [-0.3, -0.25) is 14.7 Å². The monoisotopic (exact) mass is 349 g/mol. The molecule has 0 fully saturated rings. The summed E-state index contributed by atoms with van der Waals surface area (Å²) < 4.78 is 23.1. The summed E-state index contributed by atoms with van der Waals surface area (Å²) in [4.78, 5) is 20.7. The zero-order valence-corrected chi connectivity index (χ0v) is 14.4. The second-order valence-corrected chi connectivity index (χ2v) is 8.04. The Morgan fingerprint density at radius 1 is 1.38 bits per heavy atom. The van der Waals surface area contributed by atoms with Crippen LogP contribution in [-0.4, -0.2) is 41.2 Å². The average Bonchev–Trinajstić information content (AvgIpc) is 2.51. The summed E-state index contributed by atoms with van der Waals surface area (Å²) in [6.45, 7) is 3.36. The summed E-state index contributed by atoms with van der Waals surface area (Å²) in [6.07, 6.45) is 1.52. The number of nitrogens with one attached hydrogen (secondary N) is 1. The van der Waals surface area contributed by atoms with Crippen LogP contribution in [0, 0.1) is 6.92 Å². The molecule has 0 saturated heterocycles. The quantitative estimate of drug-likeness (QED) is 0.793. The molecule has 7 nitrogen and oxygen atoms in total. The fourth-order valence-corrected chi connectivity index (χ4v) is 3.41. The van der Waals surface area contributed by atoms with E-state index in [0.717, 1.165) is 17.4 Å². The minimum atomic E-state index is -3.54. The van der Waals surface area contributed by atoms with Crippen LogP contribution in [0.1, 0.15) is 22.4 Å². The number of aromatic amines is 1. The number of phenolic OH excluding ortho intramolecular Hbond substituents is 1. The molecule has 24 heavy (non-hydrogen) atoms. The van der Waals surface area contributed by atoms with Gasteiger partial charge < -0.3 is 5.11 Å². The van der Waals surface area contributed by atoms with Crippen molar-refractivity contribution in [3.63, 3.8) is 0 Å². The standard InChI is InChI=1S/C16H19N3O4S/c1-10-4-3-5-11(14(10)20)8-19-7-6-13-12(9-19)15(21)18-16(17-13)24(2,22)23/h3-5,20H,6-9H2,1-2H3,(H,17,18,21). The van der Waals surface area contributed by atoms with Crippen LogP contribution in [-0.2, 0) is 29.3 Å². The van der Waals surface area contributed by atoms with Gasteiger partial charge in [-0.1, -0.05) is 18.2 Å². The van der Waals surface area contributed by atoms with Gasteiger partial charge in [0.1, 0.15) is 5.75 Å². The Bertz CT molecular complexity index is 950. The lowest BCUT2D eigenvalue weighted by Gasteiger charge is -2.28. The number of benzene rings is 1. The van der Waals surface area contributed by atoms with E-state index in [1.807, 2.05) is 30.0 Å². The van der Waals surface area contributed by atoms with Gasteiger partial charge in [-0.25, -0.2) is 13.4 Å². The number of hydrogen-bond acceptors (Lipinski definition) is 6. The fraction of sp³-hybridized carbons (Fsp3) is 0.375. The maximum absolute atomic E-state index is 12.2. The highest BCUT2D eigenvalue weighted by molar-refractivity contribution is 7.90. The largest absolute Gasteiger partial charge is 0.507 e. The number of H-pyrrole nitrogens is 1. The summed E-state index contributed by atoms with van der Waals surface area (Å²) in [7, 11) is -3.54. The van der Waals surface area contributed by atoms with Gasteiger partial charge >= 0.3 is 0 Å². The first-order valence-corrected chi connectivity index (χ1v) is 9.47. The van der Waals surface area contributed by atoms with E-state index in [9.17, 15) is 18.3 Å². The van der Waals surface area contributed by atoms with Crippen LogP contribution >= 0.6 is 0 Å². The van der Waals surface area contributed by atoms with Crippen molar-refractivity contribution in [2.75, 3.05) is 12.8 Å². The number of aromatic hydroxyl groups is 1. The van der Waals surface area contributed by atoms with Gasteiger partial charge in [-0.15, -0.1) is 0 Å². The minimum Gasteiger partial charge on any atom is -0.507 e. The Balaban J connectivity index is 1.87. The number of para-hydroxylation sites is 1. The third kappa shape index (κ3) is 3.20. The summed E-state index contributed by atoms with van der Waals surface area (Å²) in [5.74, 6) is 0.266. The van der Waals surface area contributed by atoms with Gasteiger partial charge in [0.05, 0.1) is 11.3 Å². The number of nitrogens with zero attached hydrogens (tertiary/aromatic N) is 2. The number of fused-ring (bicyclic) bond motifs is 1. The molecule has 1 aliphatic heterocycles. The molecule has 1 aromatic carbocycles. The summed E-state index contributed by atoms with van der Waals surface area (Å²) in [6, 6.07) is 5.58. The molecule has 0 atom stereocenters. The van der Waals surface area contributed by atoms with Gasteiger partial charge in [0.15, 0.2) is 0 Å². The Morgan fingerprint density at radius 2 is 2.12 bits per heavy atom. The van der Waals surface area contributed by atoms with E-state index in [1.54, 1.807) is 0 Å². The summed E-state index contributed by atoms with van der Waals surface area (Å²) >= 11 is 0. The van der Waals surface area contributed by atoms with Crippen molar-refractivity contribution in [1.82, 2.24) is 14.9 Å². The van der Waals surface area contributed by atoms with Crippen molar-refractivity contribution >= 4 is 9.84 Å². The Kier molecular flexibility index (Phi) is 4.18. The lowest BCUT2D eigenvalue weighted by Crippen LogP contribution is -2.36. The molecule has 3 rings (SSSR count). The molecule has 0 unspecified atom stereocenters. The van der Waals surface area contributed by atoms with Crippen molar-refractivity contribution < 1.29 is 13.5 Å². The van der Waals surface area contributed by atoms with Crippen molar-refractivity contribution in [3.05, 3.63) is 50.9 Å². The van der Waals surface area contributed by atoms with E-state index in [-0.39, 0.29) is 10.9 Å². The van der Waals surface area contributed by atoms with Crippen LogP contribution in [0.4, 0.5) is 0 Å². The van der Waals surface area contributed by atoms with Crippen LogP contribution in [0.25, 0.3) is 0 Å². The first-order chi connectivity index (χ1) is 11.3. The molecule has 1 aliphatic rings. The zero-order chi connectivity index (χ0) is 17.5. The van der Waals surface area contributed by atoms with E-state index >= 15 is 0 Å². The summed E-state index contributed by atoms with van der Waals surface area (Å²) in [5, 5.41) is 9.85. The molecule has 128 valence electrons. The first-order valence-electron chi connectivity index (χ1n) is 7.57. The zero-order valence-electron chi connectivity index (χ0n) is 13.5. The van der Waals surface area contributed by atoms with Gasteiger partial charge in [0, 0.05) is 37.9 Å². The Morgan fingerprint density at radius 3 is 2.83 bits per heavy atom. The topological polar surface area (TPSA) is 103 Å². The van der Waals surface area contributed by atoms with Crippen molar-refractivity contribution in [2.24, 2.45) is 0 Å². The number of aryl methyl sites for hydroxylation is 1. The molecule has 2 N–H and O–H groups in total. The van der Waals surface area contributed by atoms with E-state index < -0.39 is 15.4 Å². The van der Waals surface area contributed by atoms with Crippen LogP contribution in [0.15, 0.2) is 28.2 Å². The molecule has 0 amide bonds. The third-order valence-corrected chi connectivity index (χ3v) is 5.09. The molecule has 2 aromatic rings. The molecule has 0 spiro atoms. The fourth-order valence-electron chi connectivity index (χ4n) is 2.86. The number of sulfone groups is 1. The predicted octanol–water partition coefficient (Wildman–Crippen LogP) is 0.746. The number of hydrogen-bond donors (Lipinski definition) is 2. The average molecular weight is 349 g/mol. The first kappa shape index (κ1) is 16.7. The van der Waals surface area contributed by atoms with E-state index in [4.69, 9.17) is 0 Å². The molecule has 2 heterocycles. The number of phenols is 1. The molecular weight excluding hydrogens is 330 g/mol. The molecule has 0 saturated carbocycles. The highest BCUT2D eigenvalue weighted by Crippen LogP contribution is 2.25. The van der Waals surface area contributed by atoms with E-state index in [1.165, 1.54) is 0 Å². The molecule has 0 aliphatic carbocycles. The molecule has 8 heteroatoms. The van der Waals surface area contributed by atoms with Gasteiger partial charge in [0.25, 0.3) is 5.56 Å². The molecule has 0 bridgehead atoms.